The zero-order valence-corrected chi connectivity index (χ0v) is 9.99. The highest BCUT2D eigenvalue weighted by atomic mass is 35.5. The molecule has 0 saturated carbocycles. The molecule has 2 rings (SSSR count). The van der Waals surface area contributed by atoms with Crippen molar-refractivity contribution in [3.05, 3.63) is 28.2 Å². The van der Waals surface area contributed by atoms with Crippen molar-refractivity contribution in [1.29, 1.82) is 0 Å². The smallest absolute Gasteiger partial charge is 0.194 e. The Kier molecular flexibility index (Phi) is 3.34. The molecule has 0 aromatic heterocycles. The number of thioether (sulfide) groups is 1. The minimum atomic E-state index is 0.175. The maximum atomic E-state index is 11.0. The molecular formula is C10H7Cl2NOS. The first kappa shape index (κ1) is 11.0. The zero-order valence-electron chi connectivity index (χ0n) is 7.67. The minimum absolute atomic E-state index is 0.175. The molecule has 1 aliphatic rings. The number of halogens is 2. The van der Waals surface area contributed by atoms with Crippen LogP contribution in [0, 0.1) is 0 Å². The third-order valence-electron chi connectivity index (χ3n) is 1.94. The standard InChI is InChI=1S/C10H7Cl2NOS/c11-8-2-1-6(3-9(8)12)13-7-4-10(14)15-5-7/h1-3H,4-5H2. The molecule has 0 bridgehead atoms. The average Bonchev–Trinajstić information content (AvgIpc) is 2.58. The van der Waals surface area contributed by atoms with E-state index in [9.17, 15) is 4.79 Å². The molecule has 0 spiro atoms. The third kappa shape index (κ3) is 2.74. The lowest BCUT2D eigenvalue weighted by molar-refractivity contribution is -0.109. The number of benzene rings is 1. The summed E-state index contributed by atoms with van der Waals surface area (Å²) in [4.78, 5) is 15.3. The second-order valence-electron chi connectivity index (χ2n) is 3.11. The fraction of sp³-hybridized carbons (Fsp3) is 0.200. The molecule has 0 aliphatic carbocycles. The highest BCUT2D eigenvalue weighted by molar-refractivity contribution is 8.14. The van der Waals surface area contributed by atoms with Crippen LogP contribution in [0.15, 0.2) is 23.2 Å². The van der Waals surface area contributed by atoms with Gasteiger partial charge in [0, 0.05) is 11.5 Å². The van der Waals surface area contributed by atoms with Crippen molar-refractivity contribution in [3.8, 4) is 0 Å². The van der Waals surface area contributed by atoms with Gasteiger partial charge in [0.15, 0.2) is 5.12 Å². The van der Waals surface area contributed by atoms with Crippen LogP contribution in [0.5, 0.6) is 0 Å². The molecule has 0 N–H and O–H groups in total. The molecule has 78 valence electrons. The summed E-state index contributed by atoms with van der Waals surface area (Å²) in [5.41, 5.74) is 1.64. The average molecular weight is 260 g/mol. The SMILES string of the molecule is O=C1CC(=Nc2ccc(Cl)c(Cl)c2)CS1. The van der Waals surface area contributed by atoms with Gasteiger partial charge in [0.1, 0.15) is 0 Å². The molecule has 1 aromatic rings. The van der Waals surface area contributed by atoms with Gasteiger partial charge in [-0.2, -0.15) is 0 Å². The van der Waals surface area contributed by atoms with Crippen molar-refractivity contribution in [2.45, 2.75) is 6.42 Å². The first-order valence-electron chi connectivity index (χ1n) is 4.32. The van der Waals surface area contributed by atoms with Gasteiger partial charge in [0.25, 0.3) is 0 Å². The van der Waals surface area contributed by atoms with E-state index in [4.69, 9.17) is 23.2 Å². The second kappa shape index (κ2) is 4.56. The summed E-state index contributed by atoms with van der Waals surface area (Å²) in [5.74, 6) is 0.680. The maximum Gasteiger partial charge on any atom is 0.194 e. The van der Waals surface area contributed by atoms with Gasteiger partial charge in [-0.25, -0.2) is 0 Å². The summed E-state index contributed by atoms with van der Waals surface area (Å²) in [7, 11) is 0. The predicted molar refractivity (Wildman–Crippen MR) is 65.6 cm³/mol. The topological polar surface area (TPSA) is 29.4 Å². The van der Waals surface area contributed by atoms with Gasteiger partial charge in [-0.1, -0.05) is 35.0 Å². The highest BCUT2D eigenvalue weighted by Gasteiger charge is 2.17. The molecule has 1 saturated heterocycles. The largest absolute Gasteiger partial charge is 0.287 e. The molecule has 0 amide bonds. The van der Waals surface area contributed by atoms with E-state index < -0.39 is 0 Å². The maximum absolute atomic E-state index is 11.0. The number of nitrogens with zero attached hydrogens (tertiary/aromatic N) is 1. The summed E-state index contributed by atoms with van der Waals surface area (Å²) in [6, 6.07) is 5.19. The van der Waals surface area contributed by atoms with E-state index in [1.807, 2.05) is 0 Å². The van der Waals surface area contributed by atoms with Crippen LogP contribution in [0.25, 0.3) is 0 Å². The third-order valence-corrected chi connectivity index (χ3v) is 3.62. The van der Waals surface area contributed by atoms with E-state index in [0.717, 1.165) is 11.4 Å². The van der Waals surface area contributed by atoms with Crippen LogP contribution in [0.2, 0.25) is 10.0 Å². The summed E-state index contributed by atoms with van der Waals surface area (Å²) in [5, 5.41) is 1.17. The summed E-state index contributed by atoms with van der Waals surface area (Å²) in [6.07, 6.45) is 0.435. The fourth-order valence-electron chi connectivity index (χ4n) is 1.24. The molecule has 1 fully saturated rings. The predicted octanol–water partition coefficient (Wildman–Crippen LogP) is 3.73. The highest BCUT2D eigenvalue weighted by Crippen LogP contribution is 2.28. The van der Waals surface area contributed by atoms with Crippen molar-refractivity contribution < 1.29 is 4.79 Å². The Balaban J connectivity index is 2.24. The molecule has 0 atom stereocenters. The monoisotopic (exact) mass is 259 g/mol. The molecular weight excluding hydrogens is 253 g/mol. The zero-order chi connectivity index (χ0) is 10.8. The Morgan fingerprint density at radius 3 is 2.67 bits per heavy atom. The van der Waals surface area contributed by atoms with E-state index in [0.29, 0.717) is 22.2 Å². The molecule has 5 heteroatoms. The van der Waals surface area contributed by atoms with Crippen LogP contribution in [0.3, 0.4) is 0 Å². The molecule has 15 heavy (non-hydrogen) atoms. The Labute approximate surface area is 102 Å². The number of hydrogen-bond acceptors (Lipinski definition) is 3. The number of carbonyl (C=O) groups excluding carboxylic acids is 1. The normalized spacial score (nSPS) is 18.8. The summed E-state index contributed by atoms with van der Waals surface area (Å²) >= 11 is 12.9. The van der Waals surface area contributed by atoms with Gasteiger partial charge in [-0.3, -0.25) is 9.79 Å². The minimum Gasteiger partial charge on any atom is -0.287 e. The van der Waals surface area contributed by atoms with E-state index >= 15 is 0 Å². The lowest BCUT2D eigenvalue weighted by Crippen LogP contribution is -1.94. The van der Waals surface area contributed by atoms with Crippen molar-refractivity contribution in [1.82, 2.24) is 0 Å². The first-order valence-corrected chi connectivity index (χ1v) is 6.06. The van der Waals surface area contributed by atoms with Crippen LogP contribution < -0.4 is 0 Å². The number of rotatable bonds is 1. The van der Waals surface area contributed by atoms with Gasteiger partial charge in [-0.05, 0) is 18.2 Å². The Bertz CT molecular complexity index is 445. The van der Waals surface area contributed by atoms with Crippen molar-refractivity contribution in [2.24, 2.45) is 4.99 Å². The lowest BCUT2D eigenvalue weighted by Gasteiger charge is -1.98. The van der Waals surface area contributed by atoms with Crippen LogP contribution in [-0.4, -0.2) is 16.6 Å². The van der Waals surface area contributed by atoms with Crippen molar-refractivity contribution in [2.75, 3.05) is 5.75 Å². The summed E-state index contributed by atoms with van der Waals surface area (Å²) < 4.78 is 0. The second-order valence-corrected chi connectivity index (χ2v) is 4.96. The quantitative estimate of drug-likeness (QED) is 0.769. The summed E-state index contributed by atoms with van der Waals surface area (Å²) in [6.45, 7) is 0. The van der Waals surface area contributed by atoms with E-state index in [1.165, 1.54) is 11.8 Å². The molecule has 2 nitrogen and oxygen atoms in total. The number of aliphatic imine (C=N–C) groups is 1. The van der Waals surface area contributed by atoms with E-state index in [-0.39, 0.29) is 5.12 Å². The fourth-order valence-corrected chi connectivity index (χ4v) is 2.30. The van der Waals surface area contributed by atoms with Gasteiger partial charge in [-0.15, -0.1) is 0 Å². The van der Waals surface area contributed by atoms with E-state index in [1.54, 1.807) is 18.2 Å². The molecule has 1 aromatic carbocycles. The van der Waals surface area contributed by atoms with Crippen LogP contribution in [-0.2, 0) is 4.79 Å². The van der Waals surface area contributed by atoms with Crippen molar-refractivity contribution >= 4 is 51.5 Å². The van der Waals surface area contributed by atoms with Crippen LogP contribution in [0.4, 0.5) is 5.69 Å². The first-order chi connectivity index (χ1) is 7.15. The van der Waals surface area contributed by atoms with Crippen LogP contribution in [0.1, 0.15) is 6.42 Å². The number of carbonyl (C=O) groups is 1. The van der Waals surface area contributed by atoms with Gasteiger partial charge >= 0.3 is 0 Å². The Hall–Kier alpha value is -0.510. The van der Waals surface area contributed by atoms with Gasteiger partial charge in [0.05, 0.1) is 22.2 Å². The van der Waals surface area contributed by atoms with Crippen molar-refractivity contribution in [3.63, 3.8) is 0 Å². The Morgan fingerprint density at radius 2 is 2.07 bits per heavy atom. The Morgan fingerprint density at radius 1 is 1.27 bits per heavy atom. The van der Waals surface area contributed by atoms with Gasteiger partial charge in [0.2, 0.25) is 0 Å². The van der Waals surface area contributed by atoms with Gasteiger partial charge < -0.3 is 0 Å². The molecule has 0 radical (unpaired) electrons. The molecule has 1 aliphatic heterocycles. The van der Waals surface area contributed by atoms with E-state index in [2.05, 4.69) is 4.99 Å². The number of hydrogen-bond donors (Lipinski definition) is 0. The molecule has 0 unspecified atom stereocenters. The molecule has 1 heterocycles. The van der Waals surface area contributed by atoms with Crippen LogP contribution >= 0.6 is 35.0 Å². The lowest BCUT2D eigenvalue weighted by atomic mass is 10.3.